The van der Waals surface area contributed by atoms with E-state index in [1.807, 2.05) is 18.7 Å². The molecule has 2 atom stereocenters. The quantitative estimate of drug-likeness (QED) is 0.593. The molecule has 0 bridgehead atoms. The van der Waals surface area contributed by atoms with Crippen molar-refractivity contribution < 1.29 is 4.79 Å². The van der Waals surface area contributed by atoms with Gasteiger partial charge in [0.15, 0.2) is 0 Å². The van der Waals surface area contributed by atoms with Gasteiger partial charge in [-0.25, -0.2) is 0 Å². The number of unbranched alkanes of at least 4 members (excludes halogenated alkanes) is 2. The lowest BCUT2D eigenvalue weighted by Gasteiger charge is -2.21. The summed E-state index contributed by atoms with van der Waals surface area (Å²) in [5.74, 6) is 1.19. The Morgan fingerprint density at radius 2 is 2.00 bits per heavy atom. The Morgan fingerprint density at radius 3 is 2.53 bits per heavy atom. The van der Waals surface area contributed by atoms with E-state index in [0.29, 0.717) is 6.04 Å². The van der Waals surface area contributed by atoms with Crippen molar-refractivity contribution in [1.29, 1.82) is 0 Å². The SMILES string of the molecule is CCCCCNC(=O)C(C)NC(CC)CSC. The molecule has 1 amide bonds. The molecule has 0 aromatic rings. The highest BCUT2D eigenvalue weighted by Crippen LogP contribution is 2.02. The first kappa shape index (κ1) is 16.8. The minimum absolute atomic E-state index is 0.0891. The number of nitrogens with one attached hydrogen (secondary N) is 2. The fraction of sp³-hybridized carbons (Fsp3) is 0.923. The van der Waals surface area contributed by atoms with E-state index in [2.05, 4.69) is 30.7 Å². The highest BCUT2D eigenvalue weighted by molar-refractivity contribution is 7.98. The number of carbonyl (C=O) groups excluding carboxylic acids is 1. The van der Waals surface area contributed by atoms with Crippen LogP contribution in [0.5, 0.6) is 0 Å². The van der Waals surface area contributed by atoms with Gasteiger partial charge in [-0.2, -0.15) is 11.8 Å². The highest BCUT2D eigenvalue weighted by atomic mass is 32.2. The van der Waals surface area contributed by atoms with Crippen LogP contribution in [-0.4, -0.2) is 36.5 Å². The smallest absolute Gasteiger partial charge is 0.236 e. The molecule has 0 aliphatic heterocycles. The molecule has 0 rings (SSSR count). The fourth-order valence-corrected chi connectivity index (χ4v) is 2.39. The molecule has 0 aliphatic carbocycles. The summed E-state index contributed by atoms with van der Waals surface area (Å²) in [6.07, 6.45) is 6.62. The molecule has 0 radical (unpaired) electrons. The molecule has 0 saturated carbocycles. The van der Waals surface area contributed by atoms with Crippen LogP contribution in [0.1, 0.15) is 46.5 Å². The highest BCUT2D eigenvalue weighted by Gasteiger charge is 2.15. The van der Waals surface area contributed by atoms with Crippen molar-refractivity contribution in [3.8, 4) is 0 Å². The summed E-state index contributed by atoms with van der Waals surface area (Å²) in [6.45, 7) is 7.07. The Hall–Kier alpha value is -0.220. The number of hydrogen-bond acceptors (Lipinski definition) is 3. The Kier molecular flexibility index (Phi) is 10.8. The Labute approximate surface area is 111 Å². The zero-order chi connectivity index (χ0) is 13.1. The van der Waals surface area contributed by atoms with Crippen LogP contribution in [0.4, 0.5) is 0 Å². The predicted molar refractivity (Wildman–Crippen MR) is 77.6 cm³/mol. The molecule has 4 heteroatoms. The zero-order valence-electron chi connectivity index (χ0n) is 11.7. The third-order valence-corrected chi connectivity index (χ3v) is 3.55. The van der Waals surface area contributed by atoms with Gasteiger partial charge in [0, 0.05) is 18.3 Å². The van der Waals surface area contributed by atoms with Crippen LogP contribution in [0.25, 0.3) is 0 Å². The molecule has 0 spiro atoms. The van der Waals surface area contributed by atoms with Crippen LogP contribution in [0.3, 0.4) is 0 Å². The molecule has 2 N–H and O–H groups in total. The van der Waals surface area contributed by atoms with E-state index < -0.39 is 0 Å². The fourth-order valence-electron chi connectivity index (χ4n) is 1.65. The first-order valence-electron chi connectivity index (χ1n) is 6.68. The lowest BCUT2D eigenvalue weighted by molar-refractivity contribution is -0.122. The zero-order valence-corrected chi connectivity index (χ0v) is 12.5. The van der Waals surface area contributed by atoms with E-state index in [1.54, 1.807) is 0 Å². The molecule has 0 aromatic heterocycles. The second-order valence-electron chi connectivity index (χ2n) is 4.45. The molecule has 17 heavy (non-hydrogen) atoms. The largest absolute Gasteiger partial charge is 0.355 e. The molecular formula is C13H28N2OS. The van der Waals surface area contributed by atoms with Gasteiger partial charge in [-0.1, -0.05) is 26.7 Å². The van der Waals surface area contributed by atoms with Crippen LogP contribution < -0.4 is 10.6 Å². The van der Waals surface area contributed by atoms with Crippen molar-refractivity contribution in [2.45, 2.75) is 58.5 Å². The van der Waals surface area contributed by atoms with Gasteiger partial charge in [-0.3, -0.25) is 4.79 Å². The summed E-state index contributed by atoms with van der Waals surface area (Å²) in [7, 11) is 0. The lowest BCUT2D eigenvalue weighted by atomic mass is 10.2. The van der Waals surface area contributed by atoms with Crippen LogP contribution >= 0.6 is 11.8 Å². The molecule has 0 heterocycles. The molecular weight excluding hydrogens is 232 g/mol. The summed E-state index contributed by atoms with van der Waals surface area (Å²) < 4.78 is 0. The third-order valence-electron chi connectivity index (χ3n) is 2.82. The van der Waals surface area contributed by atoms with Gasteiger partial charge >= 0.3 is 0 Å². The van der Waals surface area contributed by atoms with Gasteiger partial charge in [0.05, 0.1) is 6.04 Å². The third kappa shape index (κ3) is 8.50. The van der Waals surface area contributed by atoms with E-state index in [1.165, 1.54) is 12.8 Å². The first-order valence-corrected chi connectivity index (χ1v) is 8.07. The van der Waals surface area contributed by atoms with Crippen molar-refractivity contribution in [3.05, 3.63) is 0 Å². The predicted octanol–water partition coefficient (Wildman–Crippen LogP) is 2.41. The van der Waals surface area contributed by atoms with E-state index in [-0.39, 0.29) is 11.9 Å². The number of rotatable bonds is 10. The van der Waals surface area contributed by atoms with Crippen molar-refractivity contribution >= 4 is 17.7 Å². The van der Waals surface area contributed by atoms with Crippen LogP contribution in [0, 0.1) is 0 Å². The van der Waals surface area contributed by atoms with Crippen molar-refractivity contribution in [3.63, 3.8) is 0 Å². The van der Waals surface area contributed by atoms with Crippen LogP contribution in [-0.2, 0) is 4.79 Å². The van der Waals surface area contributed by atoms with Gasteiger partial charge in [0.25, 0.3) is 0 Å². The first-order chi connectivity index (χ1) is 8.15. The van der Waals surface area contributed by atoms with E-state index in [0.717, 1.165) is 25.1 Å². The maximum Gasteiger partial charge on any atom is 0.236 e. The molecule has 0 aromatic carbocycles. The summed E-state index contributed by atoms with van der Waals surface area (Å²) >= 11 is 1.82. The number of hydrogen-bond donors (Lipinski definition) is 2. The Bertz CT molecular complexity index is 200. The normalized spacial score (nSPS) is 14.4. The average Bonchev–Trinajstić information content (AvgIpc) is 2.33. The van der Waals surface area contributed by atoms with Crippen LogP contribution in [0.2, 0.25) is 0 Å². The summed E-state index contributed by atoms with van der Waals surface area (Å²) in [5.41, 5.74) is 0. The van der Waals surface area contributed by atoms with Crippen molar-refractivity contribution in [2.75, 3.05) is 18.6 Å². The monoisotopic (exact) mass is 260 g/mol. The summed E-state index contributed by atoms with van der Waals surface area (Å²) in [5, 5.41) is 6.36. The van der Waals surface area contributed by atoms with Gasteiger partial charge in [0.2, 0.25) is 5.91 Å². The topological polar surface area (TPSA) is 41.1 Å². The molecule has 0 aliphatic rings. The average molecular weight is 260 g/mol. The Balaban J connectivity index is 3.78. The minimum atomic E-state index is -0.0891. The lowest BCUT2D eigenvalue weighted by Crippen LogP contribution is -2.47. The molecule has 0 fully saturated rings. The summed E-state index contributed by atoms with van der Waals surface area (Å²) in [6, 6.07) is 0.343. The maximum atomic E-state index is 11.8. The van der Waals surface area contributed by atoms with Gasteiger partial charge in [-0.05, 0) is 26.0 Å². The molecule has 0 saturated heterocycles. The molecule has 102 valence electrons. The number of thioether (sulfide) groups is 1. The van der Waals surface area contributed by atoms with Gasteiger partial charge < -0.3 is 10.6 Å². The minimum Gasteiger partial charge on any atom is -0.355 e. The van der Waals surface area contributed by atoms with Gasteiger partial charge in [-0.15, -0.1) is 0 Å². The van der Waals surface area contributed by atoms with Gasteiger partial charge in [0.1, 0.15) is 0 Å². The Morgan fingerprint density at radius 1 is 1.29 bits per heavy atom. The van der Waals surface area contributed by atoms with Crippen molar-refractivity contribution in [1.82, 2.24) is 10.6 Å². The summed E-state index contributed by atoms with van der Waals surface area (Å²) in [4.78, 5) is 11.8. The second-order valence-corrected chi connectivity index (χ2v) is 5.36. The second kappa shape index (κ2) is 10.9. The van der Waals surface area contributed by atoms with Crippen molar-refractivity contribution in [2.24, 2.45) is 0 Å². The standard InChI is InChI=1S/C13H28N2OS/c1-5-7-8-9-14-13(16)11(3)15-12(6-2)10-17-4/h11-12,15H,5-10H2,1-4H3,(H,14,16). The van der Waals surface area contributed by atoms with E-state index in [9.17, 15) is 4.79 Å². The maximum absolute atomic E-state index is 11.8. The van der Waals surface area contributed by atoms with E-state index >= 15 is 0 Å². The van der Waals surface area contributed by atoms with Crippen LogP contribution in [0.15, 0.2) is 0 Å². The number of carbonyl (C=O) groups is 1. The number of amides is 1. The molecule has 3 nitrogen and oxygen atoms in total. The molecule has 2 unspecified atom stereocenters. The van der Waals surface area contributed by atoms with E-state index in [4.69, 9.17) is 0 Å².